The molecule has 18 heavy (non-hydrogen) atoms. The van der Waals surface area contributed by atoms with Gasteiger partial charge in [-0.05, 0) is 32.0 Å². The summed E-state index contributed by atoms with van der Waals surface area (Å²) in [5, 5.41) is 12.5. The first-order valence-corrected chi connectivity index (χ1v) is 5.55. The Hall–Kier alpha value is -2.30. The fraction of sp³-hybridized carbons (Fsp3) is 0.231. The second-order valence-electron chi connectivity index (χ2n) is 4.29. The van der Waals surface area contributed by atoms with E-state index in [4.69, 9.17) is 4.42 Å². The molecule has 94 valence electrons. The third kappa shape index (κ3) is 2.34. The van der Waals surface area contributed by atoms with Crippen LogP contribution >= 0.6 is 0 Å². The maximum atomic E-state index is 12.0. The van der Waals surface area contributed by atoms with Gasteiger partial charge in [-0.15, -0.1) is 0 Å². The zero-order valence-corrected chi connectivity index (χ0v) is 10.1. The minimum Gasteiger partial charge on any atom is -0.508 e. The Kier molecular flexibility index (Phi) is 3.06. The first kappa shape index (κ1) is 12.2. The van der Waals surface area contributed by atoms with Crippen LogP contribution in [0.4, 0.5) is 0 Å². The molecule has 0 spiro atoms. The van der Waals surface area contributed by atoms with Gasteiger partial charge in [0.05, 0.1) is 5.56 Å². The molecule has 0 unspecified atom stereocenters. The van der Waals surface area contributed by atoms with Crippen LogP contribution in [0.25, 0.3) is 11.0 Å². The summed E-state index contributed by atoms with van der Waals surface area (Å²) < 4.78 is 4.97. The van der Waals surface area contributed by atoms with Gasteiger partial charge in [-0.25, -0.2) is 4.79 Å². The molecule has 0 saturated heterocycles. The van der Waals surface area contributed by atoms with Crippen molar-refractivity contribution in [3.63, 3.8) is 0 Å². The number of hydrogen-bond donors (Lipinski definition) is 2. The van der Waals surface area contributed by atoms with Gasteiger partial charge >= 0.3 is 5.63 Å². The molecule has 0 aliphatic carbocycles. The van der Waals surface area contributed by atoms with Crippen LogP contribution in [0.5, 0.6) is 5.75 Å². The van der Waals surface area contributed by atoms with E-state index in [9.17, 15) is 14.7 Å². The van der Waals surface area contributed by atoms with Crippen LogP contribution in [0, 0.1) is 0 Å². The third-order valence-electron chi connectivity index (χ3n) is 2.39. The Bertz CT molecular complexity index is 658. The Morgan fingerprint density at radius 3 is 2.72 bits per heavy atom. The number of carbonyl (C=O) groups is 1. The molecule has 1 aromatic heterocycles. The van der Waals surface area contributed by atoms with E-state index in [-0.39, 0.29) is 28.8 Å². The van der Waals surface area contributed by atoms with E-state index in [0.717, 1.165) is 6.07 Å². The second kappa shape index (κ2) is 4.52. The highest BCUT2D eigenvalue weighted by atomic mass is 16.4. The molecule has 5 heteroatoms. The van der Waals surface area contributed by atoms with Crippen molar-refractivity contribution in [3.8, 4) is 5.75 Å². The van der Waals surface area contributed by atoms with Crippen molar-refractivity contribution in [2.45, 2.75) is 19.9 Å². The van der Waals surface area contributed by atoms with Crippen molar-refractivity contribution in [2.24, 2.45) is 0 Å². The zero-order valence-electron chi connectivity index (χ0n) is 10.1. The number of phenolic OH excluding ortho intramolecular Hbond substituents is 1. The number of rotatable bonds is 2. The fourth-order valence-electron chi connectivity index (χ4n) is 1.68. The molecule has 1 heterocycles. The number of phenols is 1. The summed E-state index contributed by atoms with van der Waals surface area (Å²) in [6.07, 6.45) is 0. The average Bonchev–Trinajstić information content (AvgIpc) is 2.27. The van der Waals surface area contributed by atoms with Gasteiger partial charge in [0.1, 0.15) is 11.3 Å². The lowest BCUT2D eigenvalue weighted by molar-refractivity contribution is 0.0944. The smallest absolute Gasteiger partial charge is 0.337 e. The van der Waals surface area contributed by atoms with Gasteiger partial charge in [0.25, 0.3) is 5.91 Å². The van der Waals surface area contributed by atoms with E-state index in [1.165, 1.54) is 18.2 Å². The number of amides is 1. The van der Waals surface area contributed by atoms with E-state index < -0.39 is 5.63 Å². The number of carbonyl (C=O) groups excluding carboxylic acids is 1. The van der Waals surface area contributed by atoms with Gasteiger partial charge in [-0.1, -0.05) is 0 Å². The number of benzene rings is 1. The van der Waals surface area contributed by atoms with Crippen molar-refractivity contribution in [1.82, 2.24) is 5.32 Å². The van der Waals surface area contributed by atoms with Gasteiger partial charge in [-0.2, -0.15) is 0 Å². The summed E-state index contributed by atoms with van der Waals surface area (Å²) in [4.78, 5) is 23.3. The summed E-state index contributed by atoms with van der Waals surface area (Å²) >= 11 is 0. The predicted molar refractivity (Wildman–Crippen MR) is 66.8 cm³/mol. The maximum absolute atomic E-state index is 12.0. The first-order valence-electron chi connectivity index (χ1n) is 5.55. The molecule has 0 saturated carbocycles. The van der Waals surface area contributed by atoms with E-state index in [2.05, 4.69) is 5.32 Å². The minimum absolute atomic E-state index is 0.00921. The lowest BCUT2D eigenvalue weighted by atomic mass is 10.1. The molecule has 1 amide bonds. The van der Waals surface area contributed by atoms with Gasteiger partial charge in [0.15, 0.2) is 0 Å². The normalized spacial score (nSPS) is 10.8. The molecule has 2 rings (SSSR count). The standard InChI is InChI=1S/C13H13NO4/c1-7(2)14-13(17)10-6-12(16)18-11-4-3-8(15)5-9(10)11/h3-7,15H,1-2H3,(H,14,17). The minimum atomic E-state index is -0.595. The Labute approximate surface area is 103 Å². The molecular formula is C13H13NO4. The highest BCUT2D eigenvalue weighted by Gasteiger charge is 2.14. The first-order chi connectivity index (χ1) is 8.47. The fourth-order valence-corrected chi connectivity index (χ4v) is 1.68. The zero-order chi connectivity index (χ0) is 13.3. The van der Waals surface area contributed by atoms with Crippen LogP contribution in [-0.2, 0) is 0 Å². The highest BCUT2D eigenvalue weighted by Crippen LogP contribution is 2.22. The third-order valence-corrected chi connectivity index (χ3v) is 2.39. The summed E-state index contributed by atoms with van der Waals surface area (Å²) in [5.74, 6) is -0.358. The van der Waals surface area contributed by atoms with Crippen molar-refractivity contribution < 1.29 is 14.3 Å². The molecule has 0 fully saturated rings. The second-order valence-corrected chi connectivity index (χ2v) is 4.29. The number of hydrogen-bond acceptors (Lipinski definition) is 4. The van der Waals surface area contributed by atoms with Crippen LogP contribution in [0.1, 0.15) is 24.2 Å². The molecule has 0 atom stereocenters. The number of fused-ring (bicyclic) bond motifs is 1. The van der Waals surface area contributed by atoms with Crippen molar-refractivity contribution in [1.29, 1.82) is 0 Å². The molecule has 5 nitrogen and oxygen atoms in total. The summed E-state index contributed by atoms with van der Waals surface area (Å²) in [6.45, 7) is 3.64. The monoisotopic (exact) mass is 247 g/mol. The van der Waals surface area contributed by atoms with Crippen molar-refractivity contribution in [2.75, 3.05) is 0 Å². The molecule has 0 bridgehead atoms. The molecule has 0 radical (unpaired) electrons. The summed E-state index contributed by atoms with van der Waals surface area (Å²) in [5.41, 5.74) is -0.123. The maximum Gasteiger partial charge on any atom is 0.337 e. The van der Waals surface area contributed by atoms with E-state index in [0.29, 0.717) is 5.39 Å². The largest absolute Gasteiger partial charge is 0.508 e. The van der Waals surface area contributed by atoms with Crippen molar-refractivity contribution >= 4 is 16.9 Å². The SMILES string of the molecule is CC(C)NC(=O)c1cc(=O)oc2ccc(O)cc12. The lowest BCUT2D eigenvalue weighted by Gasteiger charge is -2.09. The topological polar surface area (TPSA) is 79.5 Å². The summed E-state index contributed by atoms with van der Waals surface area (Å²) in [6, 6.07) is 5.33. The molecule has 1 aromatic carbocycles. The van der Waals surface area contributed by atoms with Gasteiger partial charge < -0.3 is 14.8 Å². The van der Waals surface area contributed by atoms with Crippen LogP contribution in [-0.4, -0.2) is 17.1 Å². The van der Waals surface area contributed by atoms with Gasteiger partial charge in [-0.3, -0.25) is 4.79 Å². The summed E-state index contributed by atoms with van der Waals surface area (Å²) in [7, 11) is 0. The number of nitrogens with one attached hydrogen (secondary N) is 1. The van der Waals surface area contributed by atoms with Crippen molar-refractivity contribution in [3.05, 3.63) is 40.2 Å². The Morgan fingerprint density at radius 2 is 2.06 bits per heavy atom. The van der Waals surface area contributed by atoms with E-state index >= 15 is 0 Å². The van der Waals surface area contributed by atoms with Crippen LogP contribution in [0.2, 0.25) is 0 Å². The van der Waals surface area contributed by atoms with E-state index in [1.807, 2.05) is 13.8 Å². The molecular weight excluding hydrogens is 234 g/mol. The van der Waals surface area contributed by atoms with Gasteiger partial charge in [0.2, 0.25) is 0 Å². The Balaban J connectivity index is 2.64. The molecule has 2 aromatic rings. The van der Waals surface area contributed by atoms with E-state index in [1.54, 1.807) is 0 Å². The number of aromatic hydroxyl groups is 1. The highest BCUT2D eigenvalue weighted by molar-refractivity contribution is 6.05. The molecule has 2 N–H and O–H groups in total. The lowest BCUT2D eigenvalue weighted by Crippen LogP contribution is -2.30. The molecule has 0 aliphatic rings. The average molecular weight is 247 g/mol. The van der Waals surface area contributed by atoms with Crippen LogP contribution < -0.4 is 10.9 Å². The van der Waals surface area contributed by atoms with Crippen LogP contribution in [0.15, 0.2) is 33.5 Å². The molecule has 0 aliphatic heterocycles. The Morgan fingerprint density at radius 1 is 1.33 bits per heavy atom. The van der Waals surface area contributed by atoms with Gasteiger partial charge in [0, 0.05) is 17.5 Å². The predicted octanol–water partition coefficient (Wildman–Crippen LogP) is 1.64. The quantitative estimate of drug-likeness (QED) is 0.790. The van der Waals surface area contributed by atoms with Crippen LogP contribution in [0.3, 0.4) is 0 Å².